The average molecular weight is 1590 g/mol. The first-order chi connectivity index (χ1) is 59.2. The molecular formula is C108H73N9S3. The number of benzene rings is 12. The molecule has 1 aliphatic rings. The van der Waals surface area contributed by atoms with Crippen LogP contribution in [0.4, 0.5) is 0 Å². The van der Waals surface area contributed by atoms with E-state index in [0.29, 0.717) is 11.6 Å². The number of fused-ring (bicyclic) bond motifs is 6. The smallest absolute Gasteiger partial charge is 0.160 e. The van der Waals surface area contributed by atoms with E-state index >= 15 is 0 Å². The third kappa shape index (κ3) is 15.2. The topological polar surface area (TPSA) is 116 Å². The molecule has 0 radical (unpaired) electrons. The van der Waals surface area contributed by atoms with Crippen LogP contribution in [0.1, 0.15) is 25.0 Å². The molecule has 9 aromatic heterocycles. The molecule has 22 rings (SSSR count). The normalized spacial score (nSPS) is 11.8. The van der Waals surface area contributed by atoms with Gasteiger partial charge in [0.25, 0.3) is 0 Å². The van der Waals surface area contributed by atoms with Crippen LogP contribution < -0.4 is 0 Å². The van der Waals surface area contributed by atoms with Gasteiger partial charge in [0, 0.05) is 90.1 Å². The molecule has 0 saturated carbocycles. The molecule has 9 nitrogen and oxygen atoms in total. The number of pyridine rings is 3. The molecule has 120 heavy (non-hydrogen) atoms. The molecule has 0 amide bonds. The van der Waals surface area contributed by atoms with Crippen LogP contribution in [-0.4, -0.2) is 44.9 Å². The Morgan fingerprint density at radius 2 is 0.533 bits per heavy atom. The number of hydrogen-bond donors (Lipinski definition) is 0. The average Bonchev–Trinajstić information content (AvgIpc) is 1.56. The molecule has 568 valence electrons. The minimum atomic E-state index is -0.0752. The summed E-state index contributed by atoms with van der Waals surface area (Å²) in [6.07, 6.45) is 11.0. The van der Waals surface area contributed by atoms with Crippen molar-refractivity contribution >= 4 is 64.3 Å². The van der Waals surface area contributed by atoms with E-state index in [1.165, 1.54) is 58.1 Å². The molecule has 0 N–H and O–H groups in total. The third-order valence-electron chi connectivity index (χ3n) is 22.1. The summed E-state index contributed by atoms with van der Waals surface area (Å²) in [5, 5.41) is 3.69. The van der Waals surface area contributed by atoms with Crippen molar-refractivity contribution in [3.63, 3.8) is 0 Å². The van der Waals surface area contributed by atoms with E-state index in [1.54, 1.807) is 52.6 Å². The van der Waals surface area contributed by atoms with Crippen LogP contribution in [0.15, 0.2) is 407 Å². The summed E-state index contributed by atoms with van der Waals surface area (Å²) < 4.78 is 3.76. The quantitative estimate of drug-likeness (QED) is 0.105. The summed E-state index contributed by atoms with van der Waals surface area (Å²) in [7, 11) is 0. The van der Waals surface area contributed by atoms with Crippen molar-refractivity contribution in [3.8, 4) is 166 Å². The molecule has 0 fully saturated rings. The lowest BCUT2D eigenvalue weighted by Crippen LogP contribution is -2.14. The second-order valence-corrected chi connectivity index (χ2v) is 33.3. The van der Waals surface area contributed by atoms with Crippen molar-refractivity contribution in [2.45, 2.75) is 19.3 Å². The van der Waals surface area contributed by atoms with Crippen molar-refractivity contribution < 1.29 is 0 Å². The fourth-order valence-corrected chi connectivity index (χ4v) is 19.0. The lowest BCUT2D eigenvalue weighted by Gasteiger charge is -2.21. The molecule has 0 saturated heterocycles. The van der Waals surface area contributed by atoms with Crippen LogP contribution in [0.5, 0.6) is 0 Å². The van der Waals surface area contributed by atoms with E-state index < -0.39 is 0 Å². The molecule has 0 unspecified atom stereocenters. The highest BCUT2D eigenvalue weighted by Crippen LogP contribution is 2.53. The van der Waals surface area contributed by atoms with Crippen molar-refractivity contribution in [1.82, 2.24) is 44.9 Å². The van der Waals surface area contributed by atoms with Gasteiger partial charge < -0.3 is 0 Å². The molecule has 9 heterocycles. The third-order valence-corrected chi connectivity index (χ3v) is 25.5. The van der Waals surface area contributed by atoms with Gasteiger partial charge in [-0.05, 0) is 173 Å². The van der Waals surface area contributed by atoms with Gasteiger partial charge in [-0.15, -0.1) is 34.0 Å². The first-order valence-corrected chi connectivity index (χ1v) is 42.3. The number of aromatic nitrogens is 9. The van der Waals surface area contributed by atoms with E-state index in [-0.39, 0.29) is 5.41 Å². The summed E-state index contributed by atoms with van der Waals surface area (Å²) in [6.45, 7) is 4.64. The lowest BCUT2D eigenvalue weighted by molar-refractivity contribution is 0.660. The van der Waals surface area contributed by atoms with Crippen LogP contribution >= 0.6 is 34.0 Å². The minimum absolute atomic E-state index is 0.0752. The van der Waals surface area contributed by atoms with Crippen molar-refractivity contribution in [2.75, 3.05) is 0 Å². The Balaban J connectivity index is 0.000000115. The van der Waals surface area contributed by atoms with Crippen LogP contribution in [0.3, 0.4) is 0 Å². The van der Waals surface area contributed by atoms with Crippen molar-refractivity contribution in [1.29, 1.82) is 0 Å². The molecule has 0 atom stereocenters. The number of thiophene rings is 3. The first kappa shape index (κ1) is 74.1. The highest BCUT2D eigenvalue weighted by atomic mass is 32.1. The molecule has 0 bridgehead atoms. The van der Waals surface area contributed by atoms with Crippen LogP contribution in [-0.2, 0) is 5.41 Å². The Hall–Kier alpha value is -14.8. The fraction of sp³-hybridized carbons (Fsp3) is 0.0278. The van der Waals surface area contributed by atoms with Gasteiger partial charge in [0.1, 0.15) is 0 Å². The van der Waals surface area contributed by atoms with E-state index in [1.807, 2.05) is 48.9 Å². The van der Waals surface area contributed by atoms with Gasteiger partial charge in [-0.1, -0.05) is 305 Å². The Labute approximate surface area is 707 Å². The number of hydrogen-bond acceptors (Lipinski definition) is 12. The summed E-state index contributed by atoms with van der Waals surface area (Å²) in [4.78, 5) is 46.9. The molecule has 1 aliphatic carbocycles. The number of nitrogens with zero attached hydrogens (tertiary/aromatic N) is 9. The second-order valence-electron chi connectivity index (χ2n) is 30.0. The summed E-state index contributed by atoms with van der Waals surface area (Å²) >= 11 is 5.30. The Morgan fingerprint density at radius 1 is 0.208 bits per heavy atom. The maximum Gasteiger partial charge on any atom is 0.160 e. The zero-order valence-electron chi connectivity index (χ0n) is 65.4. The predicted molar refractivity (Wildman–Crippen MR) is 499 cm³/mol. The van der Waals surface area contributed by atoms with Crippen LogP contribution in [0.2, 0.25) is 0 Å². The summed E-state index contributed by atoms with van der Waals surface area (Å²) in [6, 6.07) is 129. The zero-order chi connectivity index (χ0) is 80.3. The van der Waals surface area contributed by atoms with E-state index in [2.05, 4.69) is 369 Å². The second kappa shape index (κ2) is 32.7. The Kier molecular flexibility index (Phi) is 20.2. The van der Waals surface area contributed by atoms with Gasteiger partial charge in [0.15, 0.2) is 17.5 Å². The van der Waals surface area contributed by atoms with Gasteiger partial charge in [0.05, 0.1) is 48.8 Å². The maximum absolute atomic E-state index is 5.24. The standard InChI is InChI=1S/C38H27N3S.2C35H23N3S/c1-38(2)30-13-5-4-11-28(30)36-29(12-7-14-31(36)38)32-22-33(35-21-26-9-3-6-15-34(26)42-35)41-37(40-32)25-18-16-24(17-19-25)27-10-8-20-39-23-27;1-2-9-25(10-3-1)29-13-5-6-14-30(29)31-22-32(34-21-27-11-4-7-15-33(27)39-34)38-35(37-31)26-18-16-24(17-19-26)28-12-8-20-36-23-28;1-2-8-24(9-3-1)27-11-6-12-28(20-27)31-22-32(34-21-29-10-4-5-14-33(29)39-34)38-35(37-31)26-17-15-25(16-18-26)30-13-7-19-36-23-30/h3-23H,1-2H3;2*1-23H. The van der Waals surface area contributed by atoms with Gasteiger partial charge in [-0.3, -0.25) is 15.0 Å². The predicted octanol–water partition coefficient (Wildman–Crippen LogP) is 28.9. The Bertz CT molecular complexity index is 7180. The maximum atomic E-state index is 5.24. The van der Waals surface area contributed by atoms with Gasteiger partial charge in [-0.2, -0.15) is 0 Å². The van der Waals surface area contributed by atoms with Crippen LogP contribution in [0, 0.1) is 0 Å². The summed E-state index contributed by atoms with van der Waals surface area (Å²) in [5.74, 6) is 2.14. The minimum Gasteiger partial charge on any atom is -0.264 e. The molecule has 12 aromatic carbocycles. The molecule has 21 aromatic rings. The van der Waals surface area contributed by atoms with E-state index in [4.69, 9.17) is 29.9 Å². The molecule has 0 aliphatic heterocycles. The SMILES string of the molecule is CC1(C)c2ccccc2-c2c(-c3cc(-c4cc5ccccc5s4)nc(-c4ccc(-c5cccnc5)cc4)n3)cccc21.c1ccc(-c2cccc(-c3cc(-c4cc5ccccc5s4)nc(-c4ccc(-c5cccnc5)cc4)n3)c2)cc1.c1ccc(-c2ccccc2-c2cc(-c3cc4ccccc4s3)nc(-c3ccc(-c4cccnc4)cc3)n2)cc1. The van der Waals surface area contributed by atoms with Crippen LogP contribution in [0.25, 0.3) is 197 Å². The van der Waals surface area contributed by atoms with E-state index in [0.717, 1.165) is 138 Å². The van der Waals surface area contributed by atoms with Crippen molar-refractivity contribution in [2.24, 2.45) is 0 Å². The van der Waals surface area contributed by atoms with Crippen molar-refractivity contribution in [3.05, 3.63) is 418 Å². The number of rotatable bonds is 14. The zero-order valence-corrected chi connectivity index (χ0v) is 67.9. The van der Waals surface area contributed by atoms with E-state index in [9.17, 15) is 0 Å². The fourth-order valence-electron chi connectivity index (χ4n) is 15.9. The van der Waals surface area contributed by atoms with Gasteiger partial charge in [-0.25, -0.2) is 29.9 Å². The monoisotopic (exact) mass is 1590 g/mol. The largest absolute Gasteiger partial charge is 0.264 e. The Morgan fingerprint density at radius 3 is 0.992 bits per heavy atom. The van der Waals surface area contributed by atoms with Gasteiger partial charge >= 0.3 is 0 Å². The summed E-state index contributed by atoms with van der Waals surface area (Å²) in [5.41, 5.74) is 28.2. The van der Waals surface area contributed by atoms with Gasteiger partial charge in [0.2, 0.25) is 0 Å². The first-order valence-electron chi connectivity index (χ1n) is 39.9. The lowest BCUT2D eigenvalue weighted by atomic mass is 9.82. The highest BCUT2D eigenvalue weighted by molar-refractivity contribution is 7.23. The molecular weight excluding hydrogens is 1520 g/mol. The molecule has 12 heteroatoms. The molecule has 0 spiro atoms. The highest BCUT2D eigenvalue weighted by Gasteiger charge is 2.37.